The summed E-state index contributed by atoms with van der Waals surface area (Å²) in [5.41, 5.74) is 2.63. The highest BCUT2D eigenvalue weighted by molar-refractivity contribution is 8.00. The minimum Gasteiger partial charge on any atom is -0.299 e. The third kappa shape index (κ3) is 2.32. The molecule has 1 fully saturated rings. The molecule has 0 spiro atoms. The lowest BCUT2D eigenvalue weighted by atomic mass is 10.1. The lowest BCUT2D eigenvalue weighted by molar-refractivity contribution is -0.120. The SMILES string of the molecule is Cc1ccc(SC2CCC(=O)C2C)c(C)c1. The normalized spacial score (nSPS) is 25.1. The number of ketones is 1. The van der Waals surface area contributed by atoms with Gasteiger partial charge >= 0.3 is 0 Å². The first kappa shape index (κ1) is 11.7. The fourth-order valence-corrected chi connectivity index (χ4v) is 3.53. The fourth-order valence-electron chi connectivity index (χ4n) is 2.23. The van der Waals surface area contributed by atoms with Crippen LogP contribution in [0.5, 0.6) is 0 Å². The average molecular weight is 234 g/mol. The molecule has 0 aliphatic heterocycles. The second-order valence-corrected chi connectivity index (χ2v) is 6.00. The van der Waals surface area contributed by atoms with Crippen molar-refractivity contribution < 1.29 is 4.79 Å². The quantitative estimate of drug-likeness (QED) is 0.775. The lowest BCUT2D eigenvalue weighted by Crippen LogP contribution is -2.12. The summed E-state index contributed by atoms with van der Waals surface area (Å²) in [6.07, 6.45) is 1.81. The van der Waals surface area contributed by atoms with E-state index in [-0.39, 0.29) is 5.92 Å². The van der Waals surface area contributed by atoms with E-state index < -0.39 is 0 Å². The molecule has 2 atom stereocenters. The van der Waals surface area contributed by atoms with Gasteiger partial charge in [0, 0.05) is 22.5 Å². The molecular formula is C14H18OS. The van der Waals surface area contributed by atoms with Crippen LogP contribution in [0.1, 0.15) is 30.9 Å². The van der Waals surface area contributed by atoms with Gasteiger partial charge in [0.15, 0.2) is 0 Å². The minimum atomic E-state index is 0.228. The van der Waals surface area contributed by atoms with Crippen molar-refractivity contribution in [3.63, 3.8) is 0 Å². The van der Waals surface area contributed by atoms with Crippen molar-refractivity contribution in [2.24, 2.45) is 5.92 Å². The smallest absolute Gasteiger partial charge is 0.136 e. The van der Waals surface area contributed by atoms with Crippen LogP contribution in [0.2, 0.25) is 0 Å². The number of rotatable bonds is 2. The van der Waals surface area contributed by atoms with Crippen molar-refractivity contribution in [1.82, 2.24) is 0 Å². The van der Waals surface area contributed by atoms with E-state index in [0.29, 0.717) is 11.0 Å². The van der Waals surface area contributed by atoms with E-state index in [1.165, 1.54) is 16.0 Å². The monoisotopic (exact) mass is 234 g/mol. The predicted octanol–water partition coefficient (Wildman–Crippen LogP) is 3.76. The molecule has 2 unspecified atom stereocenters. The van der Waals surface area contributed by atoms with Gasteiger partial charge in [-0.2, -0.15) is 0 Å². The van der Waals surface area contributed by atoms with Crippen LogP contribution in [0.3, 0.4) is 0 Å². The van der Waals surface area contributed by atoms with Gasteiger partial charge < -0.3 is 0 Å². The number of Topliss-reactive ketones (excluding diaryl/α,β-unsaturated/α-hetero) is 1. The Labute approximate surface area is 102 Å². The molecular weight excluding hydrogens is 216 g/mol. The maximum absolute atomic E-state index is 11.5. The van der Waals surface area contributed by atoms with E-state index in [0.717, 1.165) is 12.8 Å². The Morgan fingerprint density at radius 1 is 1.31 bits per heavy atom. The largest absolute Gasteiger partial charge is 0.299 e. The van der Waals surface area contributed by atoms with E-state index >= 15 is 0 Å². The number of thioether (sulfide) groups is 1. The second kappa shape index (κ2) is 4.62. The average Bonchev–Trinajstić information content (AvgIpc) is 2.54. The molecule has 2 rings (SSSR count). The Balaban J connectivity index is 2.12. The van der Waals surface area contributed by atoms with Crippen LogP contribution in [0.15, 0.2) is 23.1 Å². The number of carbonyl (C=O) groups is 1. The summed E-state index contributed by atoms with van der Waals surface area (Å²) in [4.78, 5) is 12.8. The molecule has 0 aromatic heterocycles. The Bertz CT molecular complexity index is 411. The van der Waals surface area contributed by atoms with Crippen molar-refractivity contribution in [2.45, 2.75) is 43.8 Å². The zero-order valence-corrected chi connectivity index (χ0v) is 10.9. The highest BCUT2D eigenvalue weighted by Crippen LogP contribution is 2.38. The molecule has 1 aromatic rings. The summed E-state index contributed by atoms with van der Waals surface area (Å²) < 4.78 is 0. The Morgan fingerprint density at radius 2 is 2.06 bits per heavy atom. The van der Waals surface area contributed by atoms with Crippen LogP contribution >= 0.6 is 11.8 Å². The minimum absolute atomic E-state index is 0.228. The fraction of sp³-hybridized carbons (Fsp3) is 0.500. The summed E-state index contributed by atoms with van der Waals surface area (Å²) in [5.74, 6) is 0.660. The van der Waals surface area contributed by atoms with Crippen LogP contribution in [-0.2, 0) is 4.79 Å². The van der Waals surface area contributed by atoms with Crippen LogP contribution in [0, 0.1) is 19.8 Å². The van der Waals surface area contributed by atoms with Crippen molar-refractivity contribution in [3.05, 3.63) is 29.3 Å². The second-order valence-electron chi connectivity index (χ2n) is 4.72. The van der Waals surface area contributed by atoms with Crippen molar-refractivity contribution in [1.29, 1.82) is 0 Å². The van der Waals surface area contributed by atoms with E-state index in [1.807, 2.05) is 11.8 Å². The highest BCUT2D eigenvalue weighted by Gasteiger charge is 2.31. The third-order valence-electron chi connectivity index (χ3n) is 3.35. The zero-order chi connectivity index (χ0) is 11.7. The summed E-state index contributed by atoms with van der Waals surface area (Å²) in [7, 11) is 0. The van der Waals surface area contributed by atoms with E-state index in [4.69, 9.17) is 0 Å². The molecule has 86 valence electrons. The molecule has 1 aromatic carbocycles. The number of carbonyl (C=O) groups excluding carboxylic acids is 1. The van der Waals surface area contributed by atoms with Crippen LogP contribution < -0.4 is 0 Å². The molecule has 2 heteroatoms. The van der Waals surface area contributed by atoms with Gasteiger partial charge in [-0.3, -0.25) is 4.79 Å². The van der Waals surface area contributed by atoms with Gasteiger partial charge in [-0.25, -0.2) is 0 Å². The standard InChI is InChI=1S/C14H18OS/c1-9-4-6-13(10(2)8-9)16-14-7-5-12(15)11(14)3/h4,6,8,11,14H,5,7H2,1-3H3. The molecule has 1 aliphatic carbocycles. The molecule has 1 saturated carbocycles. The van der Waals surface area contributed by atoms with Gasteiger partial charge in [0.2, 0.25) is 0 Å². The maximum Gasteiger partial charge on any atom is 0.136 e. The van der Waals surface area contributed by atoms with Gasteiger partial charge in [0.1, 0.15) is 5.78 Å². The zero-order valence-electron chi connectivity index (χ0n) is 10.1. The molecule has 1 nitrogen and oxygen atoms in total. The van der Waals surface area contributed by atoms with Gasteiger partial charge in [-0.05, 0) is 31.9 Å². The Morgan fingerprint density at radius 3 is 2.62 bits per heavy atom. The van der Waals surface area contributed by atoms with Gasteiger partial charge in [-0.1, -0.05) is 24.6 Å². The summed E-state index contributed by atoms with van der Waals surface area (Å²) in [6.45, 7) is 6.33. The molecule has 0 N–H and O–H groups in total. The molecule has 0 heterocycles. The third-order valence-corrected chi connectivity index (χ3v) is 5.01. The highest BCUT2D eigenvalue weighted by atomic mass is 32.2. The van der Waals surface area contributed by atoms with Crippen LogP contribution in [0.25, 0.3) is 0 Å². The molecule has 0 amide bonds. The number of hydrogen-bond acceptors (Lipinski definition) is 2. The van der Waals surface area contributed by atoms with Crippen molar-refractivity contribution >= 4 is 17.5 Å². The number of aryl methyl sites for hydroxylation is 2. The summed E-state index contributed by atoms with van der Waals surface area (Å²) in [6, 6.07) is 6.55. The number of hydrogen-bond donors (Lipinski definition) is 0. The summed E-state index contributed by atoms with van der Waals surface area (Å²) in [5, 5.41) is 0.480. The maximum atomic E-state index is 11.5. The van der Waals surface area contributed by atoms with Gasteiger partial charge in [0.05, 0.1) is 0 Å². The molecule has 1 aliphatic rings. The first-order chi connectivity index (χ1) is 7.58. The van der Waals surface area contributed by atoms with Crippen LogP contribution in [-0.4, -0.2) is 11.0 Å². The summed E-state index contributed by atoms with van der Waals surface area (Å²) >= 11 is 1.88. The van der Waals surface area contributed by atoms with E-state index in [1.54, 1.807) is 0 Å². The number of benzene rings is 1. The first-order valence-corrected chi connectivity index (χ1v) is 6.72. The molecule has 16 heavy (non-hydrogen) atoms. The van der Waals surface area contributed by atoms with Crippen molar-refractivity contribution in [3.8, 4) is 0 Å². The predicted molar refractivity (Wildman–Crippen MR) is 69.0 cm³/mol. The lowest BCUT2D eigenvalue weighted by Gasteiger charge is -2.15. The Kier molecular flexibility index (Phi) is 3.38. The molecule has 0 saturated heterocycles. The van der Waals surface area contributed by atoms with Gasteiger partial charge in [-0.15, -0.1) is 11.8 Å². The van der Waals surface area contributed by atoms with Crippen molar-refractivity contribution in [2.75, 3.05) is 0 Å². The first-order valence-electron chi connectivity index (χ1n) is 5.84. The van der Waals surface area contributed by atoms with Gasteiger partial charge in [0.25, 0.3) is 0 Å². The van der Waals surface area contributed by atoms with E-state index in [2.05, 4.69) is 39.0 Å². The Hall–Kier alpha value is -0.760. The molecule has 0 radical (unpaired) electrons. The topological polar surface area (TPSA) is 17.1 Å². The van der Waals surface area contributed by atoms with Crippen LogP contribution in [0.4, 0.5) is 0 Å². The molecule has 0 bridgehead atoms. The van der Waals surface area contributed by atoms with E-state index in [9.17, 15) is 4.79 Å².